The molecule has 94 valence electrons. The van der Waals surface area contributed by atoms with Gasteiger partial charge >= 0.3 is 19.2 Å². The highest BCUT2D eigenvalue weighted by molar-refractivity contribution is 6.58. The van der Waals surface area contributed by atoms with E-state index in [1.54, 1.807) is 0 Å². The van der Waals surface area contributed by atoms with Gasteiger partial charge in [-0.15, -0.1) is 0 Å². The van der Waals surface area contributed by atoms with Gasteiger partial charge in [-0.25, -0.2) is 0 Å². The molecule has 1 aromatic rings. The molecule has 2 N–H and O–H groups in total. The predicted octanol–water partition coefficient (Wildman–Crippen LogP) is 1.11. The van der Waals surface area contributed by atoms with E-state index in [0.29, 0.717) is 0 Å². The van der Waals surface area contributed by atoms with Crippen LogP contribution in [0.5, 0.6) is 0 Å². The molecule has 0 spiro atoms. The van der Waals surface area contributed by atoms with E-state index in [0.717, 1.165) is 24.3 Å². The SMILES string of the molecule is OB(O)c1ccc(CC(F)(F)C(F)(F)F)cc1. The lowest BCUT2D eigenvalue weighted by molar-refractivity contribution is -0.281. The van der Waals surface area contributed by atoms with Crippen molar-refractivity contribution in [1.29, 1.82) is 0 Å². The quantitative estimate of drug-likeness (QED) is 0.626. The fourth-order valence-electron chi connectivity index (χ4n) is 1.16. The van der Waals surface area contributed by atoms with Crippen LogP contribution < -0.4 is 5.46 Å². The molecule has 1 rings (SSSR count). The lowest BCUT2D eigenvalue weighted by atomic mass is 9.80. The van der Waals surface area contributed by atoms with Gasteiger partial charge in [-0.1, -0.05) is 24.3 Å². The average Bonchev–Trinajstić information content (AvgIpc) is 2.16. The van der Waals surface area contributed by atoms with Crippen molar-refractivity contribution in [2.45, 2.75) is 18.5 Å². The van der Waals surface area contributed by atoms with E-state index in [-0.39, 0.29) is 11.0 Å². The standard InChI is InChI=1S/C9H8BF5O2/c11-8(12,9(13,14)15)5-6-1-3-7(4-2-6)10(16)17/h1-4,16-17H,5H2. The molecule has 17 heavy (non-hydrogen) atoms. The number of rotatable bonds is 3. The maximum Gasteiger partial charge on any atom is 0.488 e. The first-order valence-electron chi connectivity index (χ1n) is 4.53. The maximum atomic E-state index is 12.7. The Morgan fingerprint density at radius 2 is 1.41 bits per heavy atom. The molecule has 0 aliphatic heterocycles. The highest BCUT2D eigenvalue weighted by atomic mass is 19.4. The Balaban J connectivity index is 2.83. The molecule has 0 bridgehead atoms. The minimum Gasteiger partial charge on any atom is -0.423 e. The Hall–Kier alpha value is -1.15. The van der Waals surface area contributed by atoms with Crippen LogP contribution in [-0.4, -0.2) is 29.3 Å². The summed E-state index contributed by atoms with van der Waals surface area (Å²) in [7, 11) is -1.79. The van der Waals surface area contributed by atoms with Gasteiger partial charge < -0.3 is 10.0 Å². The molecule has 0 atom stereocenters. The van der Waals surface area contributed by atoms with Crippen molar-refractivity contribution in [2.24, 2.45) is 0 Å². The number of hydrogen-bond acceptors (Lipinski definition) is 2. The topological polar surface area (TPSA) is 40.5 Å². The molecule has 0 unspecified atom stereocenters. The maximum absolute atomic E-state index is 12.7. The molecule has 0 fully saturated rings. The molecule has 0 aliphatic carbocycles. The highest BCUT2D eigenvalue weighted by Crippen LogP contribution is 2.37. The lowest BCUT2D eigenvalue weighted by Gasteiger charge is -2.19. The normalized spacial score (nSPS) is 12.6. The number of hydrogen-bond donors (Lipinski definition) is 2. The minimum atomic E-state index is -5.60. The Morgan fingerprint density at radius 3 is 1.76 bits per heavy atom. The second kappa shape index (κ2) is 4.62. The molecule has 1 aromatic carbocycles. The van der Waals surface area contributed by atoms with Gasteiger partial charge in [-0.05, 0) is 11.0 Å². The number of halogens is 5. The molecule has 2 nitrogen and oxygen atoms in total. The van der Waals surface area contributed by atoms with E-state index >= 15 is 0 Å². The van der Waals surface area contributed by atoms with Crippen molar-refractivity contribution < 1.29 is 32.0 Å². The summed E-state index contributed by atoms with van der Waals surface area (Å²) in [4.78, 5) is 0. The van der Waals surface area contributed by atoms with Crippen LogP contribution >= 0.6 is 0 Å². The van der Waals surface area contributed by atoms with E-state index in [9.17, 15) is 22.0 Å². The van der Waals surface area contributed by atoms with E-state index in [2.05, 4.69) is 0 Å². The number of benzene rings is 1. The monoisotopic (exact) mass is 254 g/mol. The van der Waals surface area contributed by atoms with Crippen LogP contribution in [0.4, 0.5) is 22.0 Å². The molecular weight excluding hydrogens is 246 g/mol. The minimum absolute atomic E-state index is 0.0177. The van der Waals surface area contributed by atoms with Crippen LogP contribution in [-0.2, 0) is 6.42 Å². The zero-order valence-corrected chi connectivity index (χ0v) is 8.38. The van der Waals surface area contributed by atoms with Crippen molar-refractivity contribution in [3.8, 4) is 0 Å². The summed E-state index contributed by atoms with van der Waals surface area (Å²) >= 11 is 0. The van der Waals surface area contributed by atoms with Crippen LogP contribution in [0.15, 0.2) is 24.3 Å². The van der Waals surface area contributed by atoms with E-state index < -0.39 is 25.6 Å². The van der Waals surface area contributed by atoms with Gasteiger partial charge in [0.1, 0.15) is 0 Å². The molecule has 0 heterocycles. The third-order valence-corrected chi connectivity index (χ3v) is 2.12. The van der Waals surface area contributed by atoms with Crippen molar-refractivity contribution in [1.82, 2.24) is 0 Å². The molecule has 0 radical (unpaired) electrons. The zero-order valence-electron chi connectivity index (χ0n) is 8.38. The second-order valence-corrected chi connectivity index (χ2v) is 3.49. The first-order chi connectivity index (χ1) is 7.63. The second-order valence-electron chi connectivity index (χ2n) is 3.49. The Morgan fingerprint density at radius 1 is 0.941 bits per heavy atom. The lowest BCUT2D eigenvalue weighted by Crippen LogP contribution is -2.38. The largest absolute Gasteiger partial charge is 0.488 e. The molecule has 0 aromatic heterocycles. The first-order valence-corrected chi connectivity index (χ1v) is 4.53. The van der Waals surface area contributed by atoms with Gasteiger partial charge in [0.05, 0.1) is 0 Å². The van der Waals surface area contributed by atoms with Crippen LogP contribution in [0.2, 0.25) is 0 Å². The molecular formula is C9H8BF5O2. The summed E-state index contributed by atoms with van der Waals surface area (Å²) in [6, 6.07) is 4.14. The summed E-state index contributed by atoms with van der Waals surface area (Å²) < 4.78 is 61.0. The zero-order chi connectivity index (χ0) is 13.3. The first kappa shape index (κ1) is 13.9. The average molecular weight is 254 g/mol. The molecule has 0 aliphatic rings. The van der Waals surface area contributed by atoms with Gasteiger partial charge in [0.2, 0.25) is 0 Å². The van der Waals surface area contributed by atoms with Gasteiger partial charge in [0.25, 0.3) is 0 Å². The summed E-state index contributed by atoms with van der Waals surface area (Å²) in [6.07, 6.45) is -7.07. The van der Waals surface area contributed by atoms with Crippen molar-refractivity contribution in [3.63, 3.8) is 0 Å². The fourth-order valence-corrected chi connectivity index (χ4v) is 1.16. The van der Waals surface area contributed by atoms with Gasteiger partial charge in [0, 0.05) is 6.42 Å². The Bertz CT molecular complexity index is 374. The van der Waals surface area contributed by atoms with Crippen LogP contribution in [0.3, 0.4) is 0 Å². The summed E-state index contributed by atoms with van der Waals surface area (Å²) in [5.41, 5.74) is -0.221. The van der Waals surface area contributed by atoms with Crippen LogP contribution in [0.1, 0.15) is 5.56 Å². The third kappa shape index (κ3) is 3.40. The van der Waals surface area contributed by atoms with Crippen LogP contribution in [0, 0.1) is 0 Å². The molecule has 0 saturated heterocycles. The highest BCUT2D eigenvalue weighted by Gasteiger charge is 2.56. The van der Waals surface area contributed by atoms with Crippen LogP contribution in [0.25, 0.3) is 0 Å². The Kier molecular flexibility index (Phi) is 3.78. The predicted molar refractivity (Wildman–Crippen MR) is 51.0 cm³/mol. The van der Waals surface area contributed by atoms with E-state index in [1.807, 2.05) is 0 Å². The van der Waals surface area contributed by atoms with Crippen molar-refractivity contribution >= 4 is 12.6 Å². The summed E-state index contributed by atoms with van der Waals surface area (Å²) in [5.74, 6) is -4.80. The summed E-state index contributed by atoms with van der Waals surface area (Å²) in [6.45, 7) is 0. The van der Waals surface area contributed by atoms with Crippen molar-refractivity contribution in [3.05, 3.63) is 29.8 Å². The molecule has 8 heteroatoms. The summed E-state index contributed by atoms with van der Waals surface area (Å²) in [5, 5.41) is 17.4. The molecule has 0 saturated carbocycles. The van der Waals surface area contributed by atoms with Gasteiger partial charge in [0.15, 0.2) is 0 Å². The van der Waals surface area contributed by atoms with Gasteiger partial charge in [-0.2, -0.15) is 22.0 Å². The Labute approximate surface area is 93.8 Å². The third-order valence-electron chi connectivity index (χ3n) is 2.12. The molecule has 0 amide bonds. The van der Waals surface area contributed by atoms with E-state index in [1.165, 1.54) is 0 Å². The fraction of sp³-hybridized carbons (Fsp3) is 0.333. The van der Waals surface area contributed by atoms with Gasteiger partial charge in [-0.3, -0.25) is 0 Å². The van der Waals surface area contributed by atoms with E-state index in [4.69, 9.17) is 10.0 Å². The van der Waals surface area contributed by atoms with Crippen molar-refractivity contribution in [2.75, 3.05) is 0 Å². The smallest absolute Gasteiger partial charge is 0.423 e. The number of alkyl halides is 5.